The quantitative estimate of drug-likeness (QED) is 0.111. The normalized spacial score (nSPS) is 14.3. The van der Waals surface area contributed by atoms with Crippen LogP contribution in [0, 0.1) is 0 Å². The monoisotopic (exact) mass is 834 g/mol. The summed E-state index contributed by atoms with van der Waals surface area (Å²) < 4.78 is 176. The van der Waals surface area contributed by atoms with Crippen LogP contribution in [0.15, 0.2) is 206 Å². The molecule has 0 amide bonds. The van der Waals surface area contributed by atoms with Crippen LogP contribution in [0.25, 0.3) is 54.6 Å². The molecule has 0 aromatic heterocycles. The van der Waals surface area contributed by atoms with Crippen molar-refractivity contribution in [2.75, 3.05) is 9.80 Å². The zero-order valence-corrected chi connectivity index (χ0v) is 32.0. The molecule has 10 aromatic carbocycles. The van der Waals surface area contributed by atoms with Gasteiger partial charge in [-0.15, -0.1) is 0 Å². The minimum Gasteiger partial charge on any atom is -0.309 e. The van der Waals surface area contributed by atoms with Gasteiger partial charge in [-0.1, -0.05) is 145 Å². The molecule has 2 nitrogen and oxygen atoms in total. The molecule has 0 saturated heterocycles. The summed E-state index contributed by atoms with van der Waals surface area (Å²) in [5.74, 6) is 0. The Balaban J connectivity index is 1.21. The van der Waals surface area contributed by atoms with Gasteiger partial charge >= 0.3 is 12.4 Å². The van der Waals surface area contributed by atoms with Gasteiger partial charge in [-0.2, -0.15) is 26.3 Å². The summed E-state index contributed by atoms with van der Waals surface area (Å²) in [4.78, 5) is 2.84. The summed E-state index contributed by atoms with van der Waals surface area (Å²) in [5, 5.41) is 3.43. The third-order valence-corrected chi connectivity index (χ3v) is 10.8. The number of hydrogen-bond donors (Lipinski definition) is 0. The average Bonchev–Trinajstić information content (AvgIpc) is 3.37. The second-order valence-electron chi connectivity index (χ2n) is 14.4. The largest absolute Gasteiger partial charge is 0.418 e. The second kappa shape index (κ2) is 15.2. The van der Waals surface area contributed by atoms with E-state index < -0.39 is 95.0 Å². The third kappa shape index (κ3) is 6.83. The van der Waals surface area contributed by atoms with E-state index in [1.807, 2.05) is 0 Å². The fraction of sp³-hybridized carbons (Fsp3) is 0.0370. The van der Waals surface area contributed by atoms with Gasteiger partial charge in [0.05, 0.1) is 47.6 Å². The first-order valence-corrected chi connectivity index (χ1v) is 19.2. The first-order chi connectivity index (χ1) is 34.2. The molecule has 0 unspecified atom stereocenters. The van der Waals surface area contributed by atoms with Crippen molar-refractivity contribution in [3.63, 3.8) is 0 Å². The summed E-state index contributed by atoms with van der Waals surface area (Å²) in [7, 11) is 0. The highest BCUT2D eigenvalue weighted by atomic mass is 19.4. The molecule has 0 aliphatic heterocycles. The molecule has 0 radical (unpaired) electrons. The van der Waals surface area contributed by atoms with Crippen LogP contribution in [0.3, 0.4) is 0 Å². The average molecular weight is 835 g/mol. The van der Waals surface area contributed by atoms with E-state index in [1.165, 1.54) is 34.1 Å². The van der Waals surface area contributed by atoms with E-state index in [-0.39, 0.29) is 33.9 Å². The Morgan fingerprint density at radius 2 is 0.710 bits per heavy atom. The maximum Gasteiger partial charge on any atom is 0.418 e. The van der Waals surface area contributed by atoms with Crippen LogP contribution in [0.1, 0.15) is 24.8 Å². The zero-order chi connectivity index (χ0) is 51.3. The molecular formula is C54H34F6N2. The third-order valence-electron chi connectivity index (χ3n) is 10.8. The number of alkyl halides is 6. The van der Waals surface area contributed by atoms with Gasteiger partial charge in [0.15, 0.2) is 0 Å². The minimum atomic E-state index is -5.03. The van der Waals surface area contributed by atoms with E-state index in [1.54, 1.807) is 109 Å². The Morgan fingerprint density at radius 1 is 0.355 bits per heavy atom. The number of para-hydroxylation sites is 2. The maximum atomic E-state index is 15.6. The Labute approximate surface area is 367 Å². The Hall–Kier alpha value is -7.58. The molecule has 10 aromatic rings. The van der Waals surface area contributed by atoms with Crippen molar-refractivity contribution >= 4 is 66.4 Å². The SMILES string of the molecule is [2H]c1c([2H])c([2H])c(-c2ccc(N(c3ccccc3)c3ccc4ccc5c(N(c6ccccc6)c6ccc(-c7c([2H])c([2H])c([2H])c([2H])c7[2H])cc6C(F)(F)F)ccc6ccc3c4c65)c(C(F)(F)F)c2)c([2H])c1[2H]. The van der Waals surface area contributed by atoms with Crippen LogP contribution in [0.2, 0.25) is 0 Å². The molecule has 10 rings (SSSR count). The standard InChI is InChI=1S/C54H34F6N2/c55-53(56,57)45-33-39(35-13-5-1-6-14-35)25-31-49(45)61(41-17-9-3-10-18-41)47-29-23-37-22-28-44-48(30-24-38-21-27-43(47)51(37)52(38)44)62(42-19-11-4-12-20-42)50-32-26-40(34-46(50)54(58,59)60)36-15-7-2-8-16-36/h1-34H/i1D,2D,5D,6D,7D,8D,13D,14D,15D,16D. The number of halogens is 6. The van der Waals surface area contributed by atoms with Gasteiger partial charge < -0.3 is 9.80 Å². The predicted octanol–water partition coefficient (Wildman–Crippen LogP) is 16.9. The number of nitrogens with zero attached hydrogens (tertiary/aromatic N) is 2. The molecule has 0 spiro atoms. The number of hydrogen-bond acceptors (Lipinski definition) is 2. The molecule has 0 aliphatic rings. The molecule has 302 valence electrons. The maximum absolute atomic E-state index is 15.6. The number of anilines is 6. The van der Waals surface area contributed by atoms with Gasteiger partial charge in [0, 0.05) is 22.1 Å². The smallest absolute Gasteiger partial charge is 0.309 e. The molecule has 8 heteroatoms. The molecule has 0 N–H and O–H groups in total. The van der Waals surface area contributed by atoms with Gasteiger partial charge in [-0.05, 0) is 104 Å². The van der Waals surface area contributed by atoms with Crippen LogP contribution in [0.5, 0.6) is 0 Å². The summed E-state index contributed by atoms with van der Waals surface area (Å²) in [6.07, 6.45) is -10.1. The van der Waals surface area contributed by atoms with Crippen molar-refractivity contribution in [2.45, 2.75) is 12.4 Å². The molecular weight excluding hydrogens is 791 g/mol. The Bertz CT molecular complexity index is 3510. The lowest BCUT2D eigenvalue weighted by Crippen LogP contribution is -2.17. The molecule has 0 atom stereocenters. The first-order valence-electron chi connectivity index (χ1n) is 24.2. The van der Waals surface area contributed by atoms with Gasteiger partial charge in [-0.3, -0.25) is 0 Å². The lowest BCUT2D eigenvalue weighted by molar-refractivity contribution is -0.137. The van der Waals surface area contributed by atoms with Gasteiger partial charge in [0.1, 0.15) is 0 Å². The summed E-state index contributed by atoms with van der Waals surface area (Å²) in [6.45, 7) is 0. The highest BCUT2D eigenvalue weighted by molar-refractivity contribution is 6.28. The van der Waals surface area contributed by atoms with Crippen molar-refractivity contribution in [2.24, 2.45) is 0 Å². The summed E-state index contributed by atoms with van der Waals surface area (Å²) in [5.41, 5.74) is -3.12. The van der Waals surface area contributed by atoms with E-state index >= 15 is 26.3 Å². The van der Waals surface area contributed by atoms with Crippen LogP contribution in [0.4, 0.5) is 60.5 Å². The van der Waals surface area contributed by atoms with Crippen molar-refractivity contribution in [1.29, 1.82) is 0 Å². The fourth-order valence-electron chi connectivity index (χ4n) is 8.15. The van der Waals surface area contributed by atoms with Crippen molar-refractivity contribution in [1.82, 2.24) is 0 Å². The summed E-state index contributed by atoms with van der Waals surface area (Å²) in [6, 6.07) is 30.0. The van der Waals surface area contributed by atoms with E-state index in [9.17, 15) is 0 Å². The van der Waals surface area contributed by atoms with Crippen LogP contribution < -0.4 is 9.80 Å². The molecule has 0 aliphatic carbocycles. The van der Waals surface area contributed by atoms with Crippen LogP contribution in [-0.2, 0) is 12.4 Å². The molecule has 0 bridgehead atoms. The van der Waals surface area contributed by atoms with E-state index in [0.29, 0.717) is 43.7 Å². The highest BCUT2D eigenvalue weighted by Crippen LogP contribution is 2.51. The van der Waals surface area contributed by atoms with Gasteiger partial charge in [0.2, 0.25) is 0 Å². The topological polar surface area (TPSA) is 6.48 Å². The number of benzene rings is 10. The molecule has 0 fully saturated rings. The van der Waals surface area contributed by atoms with Crippen LogP contribution in [-0.4, -0.2) is 0 Å². The number of rotatable bonds is 8. The molecule has 62 heavy (non-hydrogen) atoms. The van der Waals surface area contributed by atoms with Crippen molar-refractivity contribution in [3.8, 4) is 22.3 Å². The van der Waals surface area contributed by atoms with Crippen molar-refractivity contribution in [3.05, 3.63) is 217 Å². The van der Waals surface area contributed by atoms with E-state index in [4.69, 9.17) is 13.7 Å². The van der Waals surface area contributed by atoms with E-state index in [0.717, 1.165) is 12.1 Å². The van der Waals surface area contributed by atoms with Gasteiger partial charge in [0.25, 0.3) is 0 Å². The van der Waals surface area contributed by atoms with Gasteiger partial charge in [-0.25, -0.2) is 0 Å². The summed E-state index contributed by atoms with van der Waals surface area (Å²) >= 11 is 0. The molecule has 0 heterocycles. The predicted molar refractivity (Wildman–Crippen MR) is 240 cm³/mol. The highest BCUT2D eigenvalue weighted by Gasteiger charge is 2.38. The van der Waals surface area contributed by atoms with E-state index in [2.05, 4.69) is 0 Å². The minimum absolute atomic E-state index is 0.251. The lowest BCUT2D eigenvalue weighted by atomic mass is 9.91. The molecule has 0 saturated carbocycles. The fourth-order valence-corrected chi connectivity index (χ4v) is 8.15. The Kier molecular flexibility index (Phi) is 7.04. The lowest BCUT2D eigenvalue weighted by Gasteiger charge is -2.31. The van der Waals surface area contributed by atoms with Crippen LogP contribution >= 0.6 is 0 Å². The first kappa shape index (κ1) is 28.8. The zero-order valence-electron chi connectivity index (χ0n) is 42.0. The van der Waals surface area contributed by atoms with Crippen molar-refractivity contribution < 1.29 is 40.1 Å². The Morgan fingerprint density at radius 3 is 1.08 bits per heavy atom. The second-order valence-corrected chi connectivity index (χ2v) is 14.4.